The maximum absolute atomic E-state index is 12.9. The van der Waals surface area contributed by atoms with Gasteiger partial charge in [-0.2, -0.15) is 0 Å². The van der Waals surface area contributed by atoms with Gasteiger partial charge in [0.05, 0.1) is 11.0 Å². The molecule has 0 aliphatic heterocycles. The lowest BCUT2D eigenvalue weighted by molar-refractivity contribution is -0.121. The summed E-state index contributed by atoms with van der Waals surface area (Å²) < 4.78 is 5.25. The van der Waals surface area contributed by atoms with E-state index in [2.05, 4.69) is 20.6 Å². The Morgan fingerprint density at radius 3 is 2.45 bits per heavy atom. The van der Waals surface area contributed by atoms with E-state index in [0.29, 0.717) is 25.3 Å². The summed E-state index contributed by atoms with van der Waals surface area (Å²) in [7, 11) is 0. The Morgan fingerprint density at radius 1 is 1.09 bits per heavy atom. The first-order valence-corrected chi connectivity index (χ1v) is 12.5. The number of benzene rings is 1. The summed E-state index contributed by atoms with van der Waals surface area (Å²) in [5.74, 6) is 4.88. The Bertz CT molecular complexity index is 1010. The van der Waals surface area contributed by atoms with Crippen molar-refractivity contribution in [2.45, 2.75) is 71.3 Å². The normalized spacial score (nSPS) is 28.2. The van der Waals surface area contributed by atoms with Crippen LogP contribution in [0.1, 0.15) is 65.1 Å². The molecule has 6 rings (SSSR count). The zero-order chi connectivity index (χ0) is 23.2. The number of amides is 2. The van der Waals surface area contributed by atoms with Crippen molar-refractivity contribution in [2.24, 2.45) is 29.6 Å². The molecule has 33 heavy (non-hydrogen) atoms. The first-order chi connectivity index (χ1) is 15.7. The van der Waals surface area contributed by atoms with Crippen LogP contribution < -0.4 is 10.6 Å². The molecule has 0 radical (unpaired) electrons. The van der Waals surface area contributed by atoms with Crippen molar-refractivity contribution in [1.82, 2.24) is 15.3 Å². The predicted molar refractivity (Wildman–Crippen MR) is 128 cm³/mol. The maximum Gasteiger partial charge on any atom is 0.407 e. The van der Waals surface area contributed by atoms with E-state index in [0.717, 1.165) is 46.2 Å². The second-order valence-corrected chi connectivity index (χ2v) is 11.4. The number of carbonyl (C=O) groups excluding carboxylic acids is 2. The van der Waals surface area contributed by atoms with Gasteiger partial charge in [-0.25, -0.2) is 9.78 Å². The van der Waals surface area contributed by atoms with E-state index < -0.39 is 11.7 Å². The highest BCUT2D eigenvalue weighted by molar-refractivity contribution is 5.93. The zero-order valence-corrected chi connectivity index (χ0v) is 19.9. The van der Waals surface area contributed by atoms with Gasteiger partial charge in [-0.1, -0.05) is 0 Å². The fraction of sp³-hybridized carbons (Fsp3) is 0.654. The van der Waals surface area contributed by atoms with Crippen LogP contribution in [0, 0.1) is 29.6 Å². The van der Waals surface area contributed by atoms with Gasteiger partial charge < -0.3 is 20.4 Å². The van der Waals surface area contributed by atoms with Gasteiger partial charge in [0.1, 0.15) is 11.4 Å². The largest absolute Gasteiger partial charge is 0.444 e. The molecule has 2 amide bonds. The molecule has 4 aliphatic rings. The van der Waals surface area contributed by atoms with Crippen molar-refractivity contribution in [2.75, 3.05) is 11.9 Å². The molecule has 7 nitrogen and oxygen atoms in total. The molecule has 7 heteroatoms. The highest BCUT2D eigenvalue weighted by atomic mass is 16.6. The quantitative estimate of drug-likeness (QED) is 0.573. The van der Waals surface area contributed by atoms with Crippen molar-refractivity contribution >= 4 is 28.7 Å². The van der Waals surface area contributed by atoms with Crippen LogP contribution in [0.5, 0.6) is 0 Å². The molecule has 1 aromatic heterocycles. The van der Waals surface area contributed by atoms with Crippen molar-refractivity contribution < 1.29 is 14.3 Å². The minimum absolute atomic E-state index is 0.133. The molecule has 1 aromatic carbocycles. The van der Waals surface area contributed by atoms with Crippen molar-refractivity contribution in [1.29, 1.82) is 0 Å². The fourth-order valence-electron chi connectivity index (χ4n) is 6.65. The predicted octanol–water partition coefficient (Wildman–Crippen LogP) is 5.03. The van der Waals surface area contributed by atoms with E-state index in [1.54, 1.807) is 0 Å². The topological polar surface area (TPSA) is 96.1 Å². The van der Waals surface area contributed by atoms with Gasteiger partial charge in [0.15, 0.2) is 0 Å². The average Bonchev–Trinajstić information content (AvgIpc) is 3.11. The maximum atomic E-state index is 12.9. The molecule has 4 saturated carbocycles. The van der Waals surface area contributed by atoms with Gasteiger partial charge in [0, 0.05) is 25.1 Å². The number of ether oxygens (including phenoxy) is 1. The molecular weight excluding hydrogens is 416 g/mol. The van der Waals surface area contributed by atoms with Crippen molar-refractivity contribution in [3.8, 4) is 0 Å². The minimum Gasteiger partial charge on any atom is -0.444 e. The van der Waals surface area contributed by atoms with Crippen LogP contribution in [0.2, 0.25) is 0 Å². The van der Waals surface area contributed by atoms with E-state index in [-0.39, 0.29) is 5.91 Å². The number of carbonyl (C=O) groups is 2. The molecule has 4 fully saturated rings. The van der Waals surface area contributed by atoms with Gasteiger partial charge in [0.2, 0.25) is 5.91 Å². The number of fused-ring (bicyclic) bond motifs is 1. The zero-order valence-electron chi connectivity index (χ0n) is 19.9. The summed E-state index contributed by atoms with van der Waals surface area (Å²) in [6, 6.07) is 5.79. The SMILES string of the molecule is CC(C)(C)OC(=O)NCCc1nc2ccc(NC(=O)CC3C4CC5CC(C4)CC3C5)cc2[nH]1. The van der Waals surface area contributed by atoms with Gasteiger partial charge in [0.25, 0.3) is 0 Å². The molecule has 4 bridgehead atoms. The average molecular weight is 453 g/mol. The fourth-order valence-corrected chi connectivity index (χ4v) is 6.65. The molecule has 0 saturated heterocycles. The van der Waals surface area contributed by atoms with Crippen LogP contribution in [0.25, 0.3) is 11.0 Å². The number of alkyl carbamates (subject to hydrolysis) is 1. The summed E-state index contributed by atoms with van der Waals surface area (Å²) >= 11 is 0. The summed E-state index contributed by atoms with van der Waals surface area (Å²) in [6.07, 6.45) is 7.61. The Labute approximate surface area is 195 Å². The molecule has 2 aromatic rings. The Balaban J connectivity index is 1.14. The van der Waals surface area contributed by atoms with Gasteiger partial charge in [-0.05, 0) is 101 Å². The van der Waals surface area contributed by atoms with Gasteiger partial charge in [-0.3, -0.25) is 4.79 Å². The monoisotopic (exact) mass is 452 g/mol. The third kappa shape index (κ3) is 5.17. The summed E-state index contributed by atoms with van der Waals surface area (Å²) in [4.78, 5) is 32.5. The number of anilines is 1. The number of hydrogen-bond donors (Lipinski definition) is 3. The van der Waals surface area contributed by atoms with E-state index in [1.165, 1.54) is 32.1 Å². The Hall–Kier alpha value is -2.57. The van der Waals surface area contributed by atoms with Crippen LogP contribution >= 0.6 is 0 Å². The molecule has 3 N–H and O–H groups in total. The molecular formula is C26H36N4O3. The van der Waals surface area contributed by atoms with E-state index in [1.807, 2.05) is 39.0 Å². The highest BCUT2D eigenvalue weighted by Gasteiger charge is 2.48. The standard InChI is InChI=1S/C26H36N4O3/c1-26(2,3)33-25(32)27-7-6-23-29-21-5-4-19(13-22(21)30-23)28-24(31)14-20-17-9-15-8-16(11-17)12-18(20)10-15/h4-5,13,15-18,20H,6-12,14H2,1-3H3,(H,27,32)(H,28,31)(H,29,30). The third-order valence-corrected chi connectivity index (χ3v) is 7.69. The molecule has 1 heterocycles. The number of hydrogen-bond acceptors (Lipinski definition) is 4. The molecule has 4 aliphatic carbocycles. The number of imidazole rings is 1. The molecule has 0 atom stereocenters. The first-order valence-electron chi connectivity index (χ1n) is 12.5. The van der Waals surface area contributed by atoms with Crippen LogP contribution in [-0.4, -0.2) is 34.1 Å². The van der Waals surface area contributed by atoms with Gasteiger partial charge >= 0.3 is 6.09 Å². The van der Waals surface area contributed by atoms with Crippen LogP contribution in [-0.2, 0) is 16.0 Å². The molecule has 0 spiro atoms. The number of nitrogens with one attached hydrogen (secondary N) is 3. The summed E-state index contributed by atoms with van der Waals surface area (Å²) in [6.45, 7) is 5.95. The lowest BCUT2D eigenvalue weighted by Crippen LogP contribution is -2.46. The van der Waals surface area contributed by atoms with Crippen LogP contribution in [0.4, 0.5) is 10.5 Å². The van der Waals surface area contributed by atoms with Crippen molar-refractivity contribution in [3.63, 3.8) is 0 Å². The number of aromatic nitrogens is 2. The van der Waals surface area contributed by atoms with Crippen LogP contribution in [0.3, 0.4) is 0 Å². The highest BCUT2D eigenvalue weighted by Crippen LogP contribution is 2.57. The van der Waals surface area contributed by atoms with E-state index in [9.17, 15) is 9.59 Å². The second-order valence-electron chi connectivity index (χ2n) is 11.4. The second kappa shape index (κ2) is 8.65. The Morgan fingerprint density at radius 2 is 1.79 bits per heavy atom. The van der Waals surface area contributed by atoms with Crippen LogP contribution in [0.15, 0.2) is 18.2 Å². The minimum atomic E-state index is -0.513. The smallest absolute Gasteiger partial charge is 0.407 e. The first kappa shape index (κ1) is 22.2. The number of aromatic amines is 1. The number of H-pyrrole nitrogens is 1. The molecule has 178 valence electrons. The van der Waals surface area contributed by atoms with E-state index >= 15 is 0 Å². The number of rotatable bonds is 6. The number of nitrogens with zero attached hydrogens (tertiary/aromatic N) is 1. The summed E-state index contributed by atoms with van der Waals surface area (Å²) in [5.41, 5.74) is 2.02. The third-order valence-electron chi connectivity index (χ3n) is 7.69. The van der Waals surface area contributed by atoms with E-state index in [4.69, 9.17) is 4.74 Å². The van der Waals surface area contributed by atoms with Crippen molar-refractivity contribution in [3.05, 3.63) is 24.0 Å². The van der Waals surface area contributed by atoms with Gasteiger partial charge in [-0.15, -0.1) is 0 Å². The lowest BCUT2D eigenvalue weighted by Gasteiger charge is -2.54. The lowest BCUT2D eigenvalue weighted by atomic mass is 9.51. The molecule has 0 unspecified atom stereocenters. The summed E-state index contributed by atoms with van der Waals surface area (Å²) in [5, 5.41) is 5.87. The Kier molecular flexibility index (Phi) is 5.83.